The fourth-order valence-corrected chi connectivity index (χ4v) is 4.22. The summed E-state index contributed by atoms with van der Waals surface area (Å²) in [5.41, 5.74) is 4.74. The fraction of sp³-hybridized carbons (Fsp3) is 0.143. The van der Waals surface area contributed by atoms with Gasteiger partial charge in [-0.2, -0.15) is 13.2 Å². The third kappa shape index (κ3) is 4.45. The van der Waals surface area contributed by atoms with Gasteiger partial charge in [-0.1, -0.05) is 0 Å². The van der Waals surface area contributed by atoms with E-state index >= 15 is 0 Å². The van der Waals surface area contributed by atoms with E-state index in [1.807, 2.05) is 0 Å². The molecule has 0 spiro atoms. The van der Waals surface area contributed by atoms with Crippen LogP contribution in [0.1, 0.15) is 10.4 Å². The van der Waals surface area contributed by atoms with Crippen LogP contribution in [-0.2, 0) is 15.6 Å². The Hall–Kier alpha value is -2.31. The number of nitrogens with two attached hydrogens (primary N) is 1. The van der Waals surface area contributed by atoms with Gasteiger partial charge in [0.25, 0.3) is 11.8 Å². The predicted molar refractivity (Wildman–Crippen MR) is 84.6 cm³/mol. The van der Waals surface area contributed by atoms with Crippen molar-refractivity contribution in [2.24, 2.45) is 5.73 Å². The predicted octanol–water partition coefficient (Wildman–Crippen LogP) is 2.01. The topological polar surface area (TPSA) is 109 Å². The molecule has 0 aliphatic rings. The van der Waals surface area contributed by atoms with E-state index in [4.69, 9.17) is 10.8 Å². The number of nitrogens with one attached hydrogen (secondary N) is 1. The number of carbonyl (C=O) groups is 2. The number of primary amides is 1. The number of hydrogen-bond donors (Lipinski definition) is 3. The summed E-state index contributed by atoms with van der Waals surface area (Å²) in [4.78, 5) is 23.1. The lowest BCUT2D eigenvalue weighted by atomic mass is 10.3. The van der Waals surface area contributed by atoms with Gasteiger partial charge in [0.2, 0.25) is 6.10 Å². The Morgan fingerprint density at radius 2 is 1.81 bits per heavy atom. The molecule has 1 aromatic heterocycles. The molecular formula is C14H10F4N2O4S2. The van der Waals surface area contributed by atoms with Crippen LogP contribution in [0.5, 0.6) is 0 Å². The SMILES string of the molecule is NC(=O)c1cc(S(=O)c2ccc(F)cc2)sc1NC(=O)C(O)C(F)(F)F. The van der Waals surface area contributed by atoms with Crippen molar-refractivity contribution in [1.29, 1.82) is 0 Å². The first kappa shape index (κ1) is 20.0. The average molecular weight is 410 g/mol. The van der Waals surface area contributed by atoms with E-state index in [9.17, 15) is 31.4 Å². The van der Waals surface area contributed by atoms with Gasteiger partial charge in [-0.25, -0.2) is 8.60 Å². The number of hydrogen-bond acceptors (Lipinski definition) is 5. The Kier molecular flexibility index (Phi) is 5.78. The summed E-state index contributed by atoms with van der Waals surface area (Å²) in [5.74, 6) is -3.47. The van der Waals surface area contributed by atoms with Crippen LogP contribution in [0.15, 0.2) is 39.4 Å². The molecule has 1 heterocycles. The molecule has 0 bridgehead atoms. The number of benzene rings is 1. The maximum atomic E-state index is 12.9. The molecule has 0 saturated heterocycles. The zero-order valence-corrected chi connectivity index (χ0v) is 14.2. The van der Waals surface area contributed by atoms with E-state index in [0.717, 1.165) is 18.2 Å². The summed E-state index contributed by atoms with van der Waals surface area (Å²) >= 11 is 0.546. The zero-order chi connectivity index (χ0) is 19.6. The molecule has 12 heteroatoms. The second-order valence-electron chi connectivity index (χ2n) is 4.83. The van der Waals surface area contributed by atoms with Gasteiger partial charge in [0, 0.05) is 4.90 Å². The fourth-order valence-electron chi connectivity index (χ4n) is 1.74. The lowest BCUT2D eigenvalue weighted by Gasteiger charge is -2.13. The summed E-state index contributed by atoms with van der Waals surface area (Å²) in [5, 5.41) is 10.3. The Morgan fingerprint density at radius 3 is 2.31 bits per heavy atom. The maximum absolute atomic E-state index is 12.9. The monoisotopic (exact) mass is 410 g/mol. The molecule has 140 valence electrons. The summed E-state index contributed by atoms with van der Waals surface area (Å²) in [6.45, 7) is 0. The number of thiophene rings is 1. The van der Waals surface area contributed by atoms with Gasteiger partial charge in [-0.05, 0) is 30.3 Å². The van der Waals surface area contributed by atoms with E-state index in [1.54, 1.807) is 5.32 Å². The Labute approximate surface area is 150 Å². The van der Waals surface area contributed by atoms with Gasteiger partial charge in [0.05, 0.1) is 20.6 Å². The molecule has 26 heavy (non-hydrogen) atoms. The van der Waals surface area contributed by atoms with Crippen molar-refractivity contribution < 1.29 is 36.5 Å². The maximum Gasteiger partial charge on any atom is 0.423 e. The van der Waals surface area contributed by atoms with Crippen LogP contribution in [-0.4, -0.2) is 33.4 Å². The van der Waals surface area contributed by atoms with Crippen LogP contribution in [0.4, 0.5) is 22.6 Å². The van der Waals surface area contributed by atoms with Crippen molar-refractivity contribution in [2.45, 2.75) is 21.4 Å². The molecule has 1 aromatic carbocycles. The molecular weight excluding hydrogens is 400 g/mol. The highest BCUT2D eigenvalue weighted by Crippen LogP contribution is 2.33. The number of anilines is 1. The number of amides is 2. The van der Waals surface area contributed by atoms with E-state index in [-0.39, 0.29) is 14.7 Å². The molecule has 4 N–H and O–H groups in total. The zero-order valence-electron chi connectivity index (χ0n) is 12.5. The largest absolute Gasteiger partial charge is 0.423 e. The smallest absolute Gasteiger partial charge is 0.376 e. The third-order valence-electron chi connectivity index (χ3n) is 2.98. The van der Waals surface area contributed by atoms with Gasteiger partial charge in [0.15, 0.2) is 0 Å². The Bertz CT molecular complexity index is 865. The molecule has 0 saturated carbocycles. The number of aliphatic hydroxyl groups excluding tert-OH is 1. The quantitative estimate of drug-likeness (QED) is 0.655. The molecule has 2 atom stereocenters. The molecule has 2 unspecified atom stereocenters. The lowest BCUT2D eigenvalue weighted by Crippen LogP contribution is -2.40. The van der Waals surface area contributed by atoms with Crippen LogP contribution in [0, 0.1) is 5.82 Å². The van der Waals surface area contributed by atoms with Crippen LogP contribution >= 0.6 is 11.3 Å². The summed E-state index contributed by atoms with van der Waals surface area (Å²) in [7, 11) is -1.90. The minimum absolute atomic E-state index is 0.0118. The van der Waals surface area contributed by atoms with Crippen molar-refractivity contribution in [3.63, 3.8) is 0 Å². The van der Waals surface area contributed by atoms with E-state index in [0.29, 0.717) is 11.3 Å². The molecule has 2 amide bonds. The summed E-state index contributed by atoms with van der Waals surface area (Å²) < 4.78 is 62.5. The highest BCUT2D eigenvalue weighted by molar-refractivity contribution is 7.87. The van der Waals surface area contributed by atoms with Crippen molar-refractivity contribution in [3.8, 4) is 0 Å². The standard InChI is InChI=1S/C14H10F4N2O4S2/c15-6-1-3-7(4-2-6)26(24)9-5-8(11(19)22)13(25-9)20-12(23)10(21)14(16,17)18/h1-5,10,21H,(H2,19,22)(H,20,23). The average Bonchev–Trinajstić information content (AvgIpc) is 2.97. The molecule has 6 nitrogen and oxygen atoms in total. The summed E-state index contributed by atoms with van der Waals surface area (Å²) in [6, 6.07) is 5.60. The Balaban J connectivity index is 2.33. The van der Waals surface area contributed by atoms with E-state index < -0.39 is 45.7 Å². The van der Waals surface area contributed by atoms with Gasteiger partial charge >= 0.3 is 6.18 Å². The second kappa shape index (κ2) is 7.51. The van der Waals surface area contributed by atoms with Crippen LogP contribution in [0.25, 0.3) is 0 Å². The third-order valence-corrected chi connectivity index (χ3v) is 5.71. The van der Waals surface area contributed by atoms with Gasteiger partial charge < -0.3 is 16.2 Å². The molecule has 0 radical (unpaired) electrons. The Morgan fingerprint density at radius 1 is 1.23 bits per heavy atom. The minimum atomic E-state index is -5.20. The normalized spacial score (nSPS) is 13.9. The van der Waals surface area contributed by atoms with Crippen LogP contribution < -0.4 is 11.1 Å². The minimum Gasteiger partial charge on any atom is -0.376 e. The number of halogens is 4. The van der Waals surface area contributed by atoms with Gasteiger partial charge in [-0.3, -0.25) is 9.59 Å². The molecule has 2 rings (SSSR count). The van der Waals surface area contributed by atoms with Crippen molar-refractivity contribution >= 4 is 39.0 Å². The molecule has 0 aliphatic carbocycles. The van der Waals surface area contributed by atoms with Gasteiger partial charge in [-0.15, -0.1) is 11.3 Å². The first-order valence-corrected chi connectivity index (χ1v) is 8.64. The molecule has 0 aliphatic heterocycles. The highest BCUT2D eigenvalue weighted by Gasteiger charge is 2.44. The molecule has 2 aromatic rings. The summed E-state index contributed by atoms with van der Waals surface area (Å²) in [6.07, 6.45) is -8.51. The van der Waals surface area contributed by atoms with Crippen molar-refractivity contribution in [1.82, 2.24) is 0 Å². The van der Waals surface area contributed by atoms with Crippen molar-refractivity contribution in [2.75, 3.05) is 5.32 Å². The highest BCUT2D eigenvalue weighted by atomic mass is 32.2. The number of carbonyl (C=O) groups excluding carboxylic acids is 2. The lowest BCUT2D eigenvalue weighted by molar-refractivity contribution is -0.202. The second-order valence-corrected chi connectivity index (χ2v) is 7.59. The number of rotatable bonds is 5. The van der Waals surface area contributed by atoms with Crippen LogP contribution in [0.2, 0.25) is 0 Å². The van der Waals surface area contributed by atoms with E-state index in [2.05, 4.69) is 0 Å². The van der Waals surface area contributed by atoms with E-state index in [1.165, 1.54) is 12.1 Å². The first-order chi connectivity index (χ1) is 12.0. The number of aliphatic hydroxyl groups is 1. The molecule has 0 fully saturated rings. The van der Waals surface area contributed by atoms with Crippen LogP contribution in [0.3, 0.4) is 0 Å². The van der Waals surface area contributed by atoms with Gasteiger partial charge in [0.1, 0.15) is 10.8 Å². The van der Waals surface area contributed by atoms with Crippen molar-refractivity contribution in [3.05, 3.63) is 41.7 Å². The number of alkyl halides is 3. The first-order valence-electron chi connectivity index (χ1n) is 6.67.